The molecule has 0 unspecified atom stereocenters. The largest absolute Gasteiger partial charge is 0.462 e. The average molecular weight is 398 g/mol. The van der Waals surface area contributed by atoms with Crippen LogP contribution in [0.25, 0.3) is 11.1 Å². The molecule has 0 aliphatic carbocycles. The Balaban J connectivity index is 1.95. The summed E-state index contributed by atoms with van der Waals surface area (Å²) in [6, 6.07) is 7.42. The quantitative estimate of drug-likeness (QED) is 0.425. The van der Waals surface area contributed by atoms with Gasteiger partial charge in [0.15, 0.2) is 0 Å². The molecule has 3 rings (SSSR count). The number of hydrogen-bond donors (Lipinski definition) is 2. The van der Waals surface area contributed by atoms with Crippen LogP contribution in [0, 0.1) is 13.8 Å². The van der Waals surface area contributed by atoms with E-state index in [0.717, 1.165) is 18.4 Å². The van der Waals surface area contributed by atoms with Crippen LogP contribution in [-0.2, 0) is 14.3 Å². The zero-order valence-corrected chi connectivity index (χ0v) is 17.0. The number of carbonyl (C=O) groups excluding carboxylic acids is 3. The molecule has 1 aromatic heterocycles. The second-order valence-electron chi connectivity index (χ2n) is 7.14. The van der Waals surface area contributed by atoms with Crippen molar-refractivity contribution in [3.63, 3.8) is 0 Å². The van der Waals surface area contributed by atoms with Crippen molar-refractivity contribution < 1.29 is 23.9 Å². The summed E-state index contributed by atoms with van der Waals surface area (Å²) in [4.78, 5) is 40.9. The van der Waals surface area contributed by atoms with E-state index in [2.05, 4.69) is 10.3 Å². The number of esters is 1. The fourth-order valence-electron chi connectivity index (χ4n) is 3.47. The molecule has 1 aliphatic heterocycles. The maximum absolute atomic E-state index is 12.9. The minimum Gasteiger partial charge on any atom is -0.462 e. The van der Waals surface area contributed by atoms with E-state index in [1.54, 1.807) is 13.8 Å². The lowest BCUT2D eigenvalue weighted by Crippen LogP contribution is -2.36. The first kappa shape index (κ1) is 20.8. The van der Waals surface area contributed by atoms with Crippen molar-refractivity contribution in [2.24, 2.45) is 0 Å². The summed E-state index contributed by atoms with van der Waals surface area (Å²) in [5.74, 6) is -1.99. The summed E-state index contributed by atoms with van der Waals surface area (Å²) in [5.41, 5.74) is 2.93. The number of benzene rings is 1. The van der Waals surface area contributed by atoms with E-state index in [0.29, 0.717) is 23.4 Å². The molecule has 2 N–H and O–H groups in total. The van der Waals surface area contributed by atoms with Crippen molar-refractivity contribution in [2.75, 3.05) is 19.8 Å². The number of Topliss-reactive ketones (excluding diaryl/α,β-unsaturated/α-hetero) is 1. The Morgan fingerprint density at radius 2 is 1.93 bits per heavy atom. The Morgan fingerprint density at radius 1 is 1.21 bits per heavy atom. The Hall–Kier alpha value is -2.93. The lowest BCUT2D eigenvalue weighted by molar-refractivity contribution is -0.117. The molecule has 2 aromatic rings. The van der Waals surface area contributed by atoms with Crippen LogP contribution in [0.15, 0.2) is 24.3 Å². The summed E-state index contributed by atoms with van der Waals surface area (Å²) in [6.07, 6.45) is 1.74. The molecule has 1 amide bonds. The monoisotopic (exact) mass is 398 g/mol. The van der Waals surface area contributed by atoms with Crippen molar-refractivity contribution >= 4 is 17.7 Å². The average Bonchev–Trinajstić information content (AvgIpc) is 3.34. The Labute approximate surface area is 169 Å². The first-order valence-corrected chi connectivity index (χ1v) is 9.83. The second kappa shape index (κ2) is 9.05. The zero-order valence-electron chi connectivity index (χ0n) is 17.0. The van der Waals surface area contributed by atoms with Crippen molar-refractivity contribution in [1.82, 2.24) is 10.3 Å². The summed E-state index contributed by atoms with van der Waals surface area (Å²) in [5, 5.41) is 2.64. The number of amides is 1. The highest BCUT2D eigenvalue weighted by Gasteiger charge is 2.30. The number of ether oxygens (including phenoxy) is 2. The smallest absolute Gasteiger partial charge is 0.340 e. The Morgan fingerprint density at radius 3 is 2.55 bits per heavy atom. The molecule has 1 atom stereocenters. The number of nitrogens with one attached hydrogen (secondary N) is 2. The van der Waals surface area contributed by atoms with Crippen LogP contribution in [0.4, 0.5) is 0 Å². The lowest BCUT2D eigenvalue weighted by Gasteiger charge is -2.11. The van der Waals surface area contributed by atoms with Crippen LogP contribution < -0.4 is 5.32 Å². The number of carbonyl (C=O) groups is 3. The summed E-state index contributed by atoms with van der Waals surface area (Å²) >= 11 is 0. The Bertz CT molecular complexity index is 908. The number of rotatable bonds is 7. The predicted octanol–water partition coefficient (Wildman–Crippen LogP) is 2.95. The molecule has 1 aliphatic rings. The summed E-state index contributed by atoms with van der Waals surface area (Å²) in [6.45, 7) is 6.52. The number of H-pyrrole nitrogens is 1. The molecular weight excluding hydrogens is 372 g/mol. The van der Waals surface area contributed by atoms with Crippen LogP contribution in [0.5, 0.6) is 0 Å². The molecule has 7 heteroatoms. The number of aryl methyl sites for hydroxylation is 2. The van der Waals surface area contributed by atoms with E-state index < -0.39 is 17.7 Å². The fourth-order valence-corrected chi connectivity index (χ4v) is 3.47. The van der Waals surface area contributed by atoms with E-state index in [4.69, 9.17) is 9.47 Å². The highest BCUT2D eigenvalue weighted by molar-refractivity contribution is 6.43. The predicted molar refractivity (Wildman–Crippen MR) is 108 cm³/mol. The molecule has 2 heterocycles. The third-order valence-electron chi connectivity index (χ3n) is 4.95. The molecule has 1 saturated heterocycles. The van der Waals surface area contributed by atoms with Crippen LogP contribution in [0.1, 0.15) is 51.9 Å². The van der Waals surface area contributed by atoms with Gasteiger partial charge in [-0.05, 0) is 39.2 Å². The van der Waals surface area contributed by atoms with Crippen molar-refractivity contribution in [2.45, 2.75) is 39.7 Å². The number of ketones is 1. The molecule has 0 saturated carbocycles. The maximum atomic E-state index is 12.9. The normalized spacial score (nSPS) is 15.9. The SMILES string of the molecule is CCOC(=O)c1c(C)[nH]c(C(=O)C(=O)NC[C@H]2CCCO2)c1-c1ccc(C)cc1. The number of aromatic amines is 1. The van der Waals surface area contributed by atoms with Gasteiger partial charge >= 0.3 is 5.97 Å². The van der Waals surface area contributed by atoms with Gasteiger partial charge in [0.2, 0.25) is 0 Å². The minimum absolute atomic E-state index is 0.0659. The molecule has 1 fully saturated rings. The highest BCUT2D eigenvalue weighted by Crippen LogP contribution is 2.31. The van der Waals surface area contributed by atoms with Gasteiger partial charge in [-0.15, -0.1) is 0 Å². The van der Waals surface area contributed by atoms with Crippen LogP contribution in [0.2, 0.25) is 0 Å². The van der Waals surface area contributed by atoms with Gasteiger partial charge in [-0.1, -0.05) is 29.8 Å². The van der Waals surface area contributed by atoms with E-state index in [9.17, 15) is 14.4 Å². The van der Waals surface area contributed by atoms with Gasteiger partial charge in [0, 0.05) is 24.4 Å². The number of aromatic nitrogens is 1. The van der Waals surface area contributed by atoms with Crippen molar-refractivity contribution in [1.29, 1.82) is 0 Å². The van der Waals surface area contributed by atoms with Crippen molar-refractivity contribution in [3.8, 4) is 11.1 Å². The lowest BCUT2D eigenvalue weighted by atomic mass is 9.97. The van der Waals surface area contributed by atoms with Gasteiger partial charge in [-0.3, -0.25) is 9.59 Å². The Kier molecular flexibility index (Phi) is 6.49. The van der Waals surface area contributed by atoms with Crippen LogP contribution >= 0.6 is 0 Å². The molecule has 0 spiro atoms. The minimum atomic E-state index is -0.731. The van der Waals surface area contributed by atoms with Gasteiger partial charge in [0.05, 0.1) is 18.3 Å². The summed E-state index contributed by atoms with van der Waals surface area (Å²) < 4.78 is 10.7. The van der Waals surface area contributed by atoms with E-state index in [1.165, 1.54) is 0 Å². The third kappa shape index (κ3) is 4.56. The van der Waals surface area contributed by atoms with E-state index in [1.807, 2.05) is 31.2 Å². The highest BCUT2D eigenvalue weighted by atomic mass is 16.5. The molecule has 0 radical (unpaired) electrons. The number of hydrogen-bond acceptors (Lipinski definition) is 5. The van der Waals surface area contributed by atoms with E-state index >= 15 is 0 Å². The second-order valence-corrected chi connectivity index (χ2v) is 7.14. The van der Waals surface area contributed by atoms with E-state index in [-0.39, 0.29) is 30.5 Å². The van der Waals surface area contributed by atoms with Crippen molar-refractivity contribution in [3.05, 3.63) is 46.8 Å². The zero-order chi connectivity index (χ0) is 21.0. The van der Waals surface area contributed by atoms with Crippen LogP contribution in [0.3, 0.4) is 0 Å². The van der Waals surface area contributed by atoms with Crippen LogP contribution in [-0.4, -0.2) is 48.5 Å². The molecule has 7 nitrogen and oxygen atoms in total. The molecule has 0 bridgehead atoms. The maximum Gasteiger partial charge on any atom is 0.340 e. The van der Waals surface area contributed by atoms with Gasteiger partial charge < -0.3 is 19.8 Å². The first-order chi connectivity index (χ1) is 13.9. The summed E-state index contributed by atoms with van der Waals surface area (Å²) in [7, 11) is 0. The van der Waals surface area contributed by atoms with Gasteiger partial charge in [0.1, 0.15) is 5.69 Å². The fraction of sp³-hybridized carbons (Fsp3) is 0.409. The van der Waals surface area contributed by atoms with Gasteiger partial charge in [0.25, 0.3) is 11.7 Å². The molecular formula is C22H26N2O5. The third-order valence-corrected chi connectivity index (χ3v) is 4.95. The van der Waals surface area contributed by atoms with Gasteiger partial charge in [-0.25, -0.2) is 4.79 Å². The topological polar surface area (TPSA) is 97.5 Å². The first-order valence-electron chi connectivity index (χ1n) is 9.83. The molecule has 154 valence electrons. The van der Waals surface area contributed by atoms with Gasteiger partial charge in [-0.2, -0.15) is 0 Å². The standard InChI is InChI=1S/C22H26N2O5/c1-4-28-22(27)17-14(3)24-19(18(17)15-9-7-13(2)8-10-15)20(25)21(26)23-12-16-6-5-11-29-16/h7-10,16,24H,4-6,11-12H2,1-3H3,(H,23,26)/t16-/m1/s1. The molecule has 1 aromatic carbocycles. The molecule has 29 heavy (non-hydrogen) atoms.